The summed E-state index contributed by atoms with van der Waals surface area (Å²) in [7, 11) is -3.98. The standard InChI is InChI=1S/C14H17N3O5S/c1-10-5-2-3-7-17(10)12(18)9-23(19,20)14-16-15-13(22-14)11-6-4-8-21-11/h4,6,8,10H,2-3,5,7,9H2,1H3. The highest BCUT2D eigenvalue weighted by Gasteiger charge is 2.31. The smallest absolute Gasteiger partial charge is 0.336 e. The summed E-state index contributed by atoms with van der Waals surface area (Å²) in [4.78, 5) is 13.9. The number of piperidine rings is 1. The van der Waals surface area contributed by atoms with Gasteiger partial charge in [0.25, 0.3) is 5.89 Å². The first-order valence-corrected chi connectivity index (χ1v) is 9.02. The largest absolute Gasteiger partial charge is 0.459 e. The van der Waals surface area contributed by atoms with Gasteiger partial charge in [0.05, 0.1) is 6.26 Å². The van der Waals surface area contributed by atoms with Crippen molar-refractivity contribution < 1.29 is 22.0 Å². The number of hydrogen-bond donors (Lipinski definition) is 0. The molecular weight excluding hydrogens is 322 g/mol. The van der Waals surface area contributed by atoms with Gasteiger partial charge in [-0.2, -0.15) is 0 Å². The van der Waals surface area contributed by atoms with E-state index in [0.717, 1.165) is 19.3 Å². The van der Waals surface area contributed by atoms with Gasteiger partial charge in [-0.25, -0.2) is 8.42 Å². The Bertz CT molecular complexity index is 781. The lowest BCUT2D eigenvalue weighted by Gasteiger charge is -2.33. The van der Waals surface area contributed by atoms with Crippen molar-refractivity contribution in [2.24, 2.45) is 0 Å². The van der Waals surface area contributed by atoms with Crippen molar-refractivity contribution in [2.75, 3.05) is 12.3 Å². The van der Waals surface area contributed by atoms with E-state index in [1.165, 1.54) is 6.26 Å². The van der Waals surface area contributed by atoms with E-state index >= 15 is 0 Å². The van der Waals surface area contributed by atoms with Crippen LogP contribution >= 0.6 is 0 Å². The van der Waals surface area contributed by atoms with Crippen molar-refractivity contribution in [2.45, 2.75) is 37.5 Å². The number of aromatic nitrogens is 2. The van der Waals surface area contributed by atoms with Crippen molar-refractivity contribution >= 4 is 15.7 Å². The van der Waals surface area contributed by atoms with E-state index in [2.05, 4.69) is 10.2 Å². The maximum Gasteiger partial charge on any atom is 0.336 e. The van der Waals surface area contributed by atoms with Crippen LogP contribution in [0.2, 0.25) is 0 Å². The fraction of sp³-hybridized carbons (Fsp3) is 0.500. The van der Waals surface area contributed by atoms with Crippen LogP contribution in [0.5, 0.6) is 0 Å². The number of carbonyl (C=O) groups is 1. The molecule has 1 atom stereocenters. The molecule has 3 rings (SSSR count). The maximum absolute atomic E-state index is 12.3. The molecule has 1 fully saturated rings. The minimum Gasteiger partial charge on any atom is -0.459 e. The summed E-state index contributed by atoms with van der Waals surface area (Å²) in [5, 5.41) is 6.60. The minimum absolute atomic E-state index is 0.0348. The molecule has 1 aliphatic heterocycles. The second kappa shape index (κ2) is 6.15. The predicted octanol–water partition coefficient (Wildman–Crippen LogP) is 1.50. The summed E-state index contributed by atoms with van der Waals surface area (Å²) in [5.41, 5.74) is 0. The topological polar surface area (TPSA) is 107 Å². The van der Waals surface area contributed by atoms with E-state index in [1.54, 1.807) is 17.0 Å². The highest BCUT2D eigenvalue weighted by Crippen LogP contribution is 2.22. The van der Waals surface area contributed by atoms with Gasteiger partial charge in [-0.1, -0.05) is 5.10 Å². The molecule has 1 aliphatic rings. The Hall–Kier alpha value is -2.16. The first kappa shape index (κ1) is 15.7. The van der Waals surface area contributed by atoms with Crippen LogP contribution in [0.3, 0.4) is 0 Å². The zero-order valence-corrected chi connectivity index (χ0v) is 13.5. The number of sulfone groups is 1. The van der Waals surface area contributed by atoms with Gasteiger partial charge >= 0.3 is 5.22 Å². The summed E-state index contributed by atoms with van der Waals surface area (Å²) in [6.07, 6.45) is 4.23. The Kier molecular flexibility index (Phi) is 4.20. The van der Waals surface area contributed by atoms with E-state index in [1.807, 2.05) is 6.92 Å². The van der Waals surface area contributed by atoms with Crippen LogP contribution in [0.1, 0.15) is 26.2 Å². The Balaban J connectivity index is 1.75. The average molecular weight is 339 g/mol. The van der Waals surface area contributed by atoms with E-state index in [0.29, 0.717) is 6.54 Å². The van der Waals surface area contributed by atoms with E-state index in [4.69, 9.17) is 8.83 Å². The molecule has 23 heavy (non-hydrogen) atoms. The molecule has 124 valence electrons. The lowest BCUT2D eigenvalue weighted by Crippen LogP contribution is -2.44. The third-order valence-electron chi connectivity index (χ3n) is 3.84. The third kappa shape index (κ3) is 3.29. The van der Waals surface area contributed by atoms with Gasteiger partial charge in [0.1, 0.15) is 5.75 Å². The van der Waals surface area contributed by atoms with Gasteiger partial charge in [0.15, 0.2) is 5.76 Å². The lowest BCUT2D eigenvalue weighted by atomic mass is 10.0. The fourth-order valence-corrected chi connectivity index (χ4v) is 3.60. The Morgan fingerprint density at radius 2 is 2.22 bits per heavy atom. The first-order chi connectivity index (χ1) is 11.0. The predicted molar refractivity (Wildman–Crippen MR) is 79.1 cm³/mol. The fourth-order valence-electron chi connectivity index (χ4n) is 2.61. The normalized spacial score (nSPS) is 19.0. The molecule has 0 aromatic carbocycles. The van der Waals surface area contributed by atoms with Crippen molar-refractivity contribution in [3.05, 3.63) is 18.4 Å². The van der Waals surface area contributed by atoms with Crippen LogP contribution in [0.25, 0.3) is 11.7 Å². The van der Waals surface area contributed by atoms with Gasteiger partial charge in [0.2, 0.25) is 15.7 Å². The molecule has 1 amide bonds. The number of nitrogens with zero attached hydrogens (tertiary/aromatic N) is 3. The molecule has 0 saturated carbocycles. The van der Waals surface area contributed by atoms with Gasteiger partial charge in [-0.3, -0.25) is 4.79 Å². The Morgan fingerprint density at radius 3 is 2.91 bits per heavy atom. The van der Waals surface area contributed by atoms with Gasteiger partial charge in [0, 0.05) is 12.6 Å². The van der Waals surface area contributed by atoms with Crippen molar-refractivity contribution in [1.29, 1.82) is 0 Å². The highest BCUT2D eigenvalue weighted by atomic mass is 32.2. The summed E-state index contributed by atoms with van der Waals surface area (Å²) < 4.78 is 34.8. The average Bonchev–Trinajstić information content (AvgIpc) is 3.18. The molecule has 3 heterocycles. The SMILES string of the molecule is CC1CCCCN1C(=O)CS(=O)(=O)c1nnc(-c2ccco2)o1. The third-order valence-corrected chi connectivity index (χ3v) is 5.17. The minimum atomic E-state index is -3.98. The van der Waals surface area contributed by atoms with Crippen LogP contribution < -0.4 is 0 Å². The Morgan fingerprint density at radius 1 is 1.39 bits per heavy atom. The molecule has 1 unspecified atom stereocenters. The van der Waals surface area contributed by atoms with Crippen molar-refractivity contribution in [3.63, 3.8) is 0 Å². The number of hydrogen-bond acceptors (Lipinski definition) is 7. The monoisotopic (exact) mass is 339 g/mol. The van der Waals surface area contributed by atoms with E-state index in [9.17, 15) is 13.2 Å². The van der Waals surface area contributed by atoms with Crippen LogP contribution in [0.15, 0.2) is 32.5 Å². The molecule has 0 aliphatic carbocycles. The quantitative estimate of drug-likeness (QED) is 0.831. The molecule has 0 radical (unpaired) electrons. The van der Waals surface area contributed by atoms with Gasteiger partial charge in [-0.05, 0) is 38.3 Å². The molecule has 0 bridgehead atoms. The van der Waals surface area contributed by atoms with Crippen LogP contribution in [-0.4, -0.2) is 47.8 Å². The Labute approximate surface area is 133 Å². The lowest BCUT2D eigenvalue weighted by molar-refractivity contribution is -0.131. The molecule has 0 spiro atoms. The molecule has 0 N–H and O–H groups in total. The van der Waals surface area contributed by atoms with Crippen LogP contribution in [0, 0.1) is 0 Å². The van der Waals surface area contributed by atoms with Crippen LogP contribution in [0.4, 0.5) is 0 Å². The van der Waals surface area contributed by atoms with Crippen molar-refractivity contribution in [3.8, 4) is 11.7 Å². The molecule has 8 nitrogen and oxygen atoms in total. The molecule has 1 saturated heterocycles. The van der Waals surface area contributed by atoms with Gasteiger partial charge < -0.3 is 13.7 Å². The second-order valence-corrected chi connectivity index (χ2v) is 7.41. The summed E-state index contributed by atoms with van der Waals surface area (Å²) >= 11 is 0. The molecular formula is C14H17N3O5S. The summed E-state index contributed by atoms with van der Waals surface area (Å²) in [5.74, 6) is -0.867. The second-order valence-electron chi connectivity index (χ2n) is 5.54. The number of amides is 1. The number of furan rings is 1. The zero-order chi connectivity index (χ0) is 16.4. The molecule has 2 aromatic rings. The highest BCUT2D eigenvalue weighted by molar-refractivity contribution is 7.91. The molecule has 2 aromatic heterocycles. The number of likely N-dealkylation sites (tertiary alicyclic amines) is 1. The summed E-state index contributed by atoms with van der Waals surface area (Å²) in [6.45, 7) is 2.50. The van der Waals surface area contributed by atoms with E-state index in [-0.39, 0.29) is 17.7 Å². The van der Waals surface area contributed by atoms with Gasteiger partial charge in [-0.15, -0.1) is 5.10 Å². The van der Waals surface area contributed by atoms with E-state index < -0.39 is 26.7 Å². The zero-order valence-electron chi connectivity index (χ0n) is 12.6. The van der Waals surface area contributed by atoms with Crippen LogP contribution in [-0.2, 0) is 14.6 Å². The number of carbonyl (C=O) groups excluding carboxylic acids is 1. The van der Waals surface area contributed by atoms with Crippen molar-refractivity contribution in [1.82, 2.24) is 15.1 Å². The number of rotatable bonds is 4. The maximum atomic E-state index is 12.3. The first-order valence-electron chi connectivity index (χ1n) is 7.37. The molecule has 9 heteroatoms. The summed E-state index contributed by atoms with van der Waals surface area (Å²) in [6, 6.07) is 3.24.